The molecule has 0 aromatic heterocycles. The molecule has 5 nitrogen and oxygen atoms in total. The molecule has 1 aliphatic rings. The molecule has 1 aliphatic heterocycles. The first-order valence-electron chi connectivity index (χ1n) is 9.33. The van der Waals surface area contributed by atoms with Gasteiger partial charge in [-0.25, -0.2) is 0 Å². The van der Waals surface area contributed by atoms with Crippen LogP contribution < -0.4 is 0 Å². The maximum absolute atomic E-state index is 10.5. The summed E-state index contributed by atoms with van der Waals surface area (Å²) in [5.41, 5.74) is 0.0160. The summed E-state index contributed by atoms with van der Waals surface area (Å²) in [6.45, 7) is 14.0. The molecule has 0 aromatic rings. The van der Waals surface area contributed by atoms with Gasteiger partial charge in [-0.1, -0.05) is 32.9 Å². The first-order chi connectivity index (χ1) is 11.5. The lowest BCUT2D eigenvalue weighted by molar-refractivity contribution is -0.327. The Hall–Kier alpha value is -0.693. The maximum atomic E-state index is 10.5. The summed E-state index contributed by atoms with van der Waals surface area (Å²) < 4.78 is 18.3. The number of carboxylic acid groups (broad SMARTS) is 1. The number of hydrogen-bond acceptors (Lipinski definition) is 4. The summed E-state index contributed by atoms with van der Waals surface area (Å²) in [6, 6.07) is 0. The molecule has 0 aromatic carbocycles. The highest BCUT2D eigenvalue weighted by atomic mass is 28.3. The van der Waals surface area contributed by atoms with E-state index in [0.717, 1.165) is 12.8 Å². The van der Waals surface area contributed by atoms with Crippen LogP contribution in [0.2, 0.25) is 13.1 Å². The molecule has 1 fully saturated rings. The summed E-state index contributed by atoms with van der Waals surface area (Å²) in [4.78, 5) is 10.5. The van der Waals surface area contributed by atoms with E-state index in [-0.39, 0.29) is 17.9 Å². The van der Waals surface area contributed by atoms with Crippen LogP contribution in [0.3, 0.4) is 0 Å². The fourth-order valence-corrected chi connectivity index (χ4v) is 3.63. The van der Waals surface area contributed by atoms with Crippen molar-refractivity contribution in [1.29, 1.82) is 0 Å². The molecule has 3 unspecified atom stereocenters. The molecule has 0 radical (unpaired) electrons. The Morgan fingerprint density at radius 3 is 2.60 bits per heavy atom. The van der Waals surface area contributed by atoms with Gasteiger partial charge in [-0.2, -0.15) is 0 Å². The van der Waals surface area contributed by atoms with Gasteiger partial charge in [-0.3, -0.25) is 4.79 Å². The Bertz CT molecular complexity index is 444. The first-order valence-corrected chi connectivity index (χ1v) is 12.1. The lowest BCUT2D eigenvalue weighted by Crippen LogP contribution is -2.54. The molecular formula is C19H36O5Si. The number of unbranched alkanes of at least 4 members (excludes halogenated alkanes) is 1. The van der Waals surface area contributed by atoms with E-state index in [2.05, 4.69) is 46.0 Å². The number of carboxylic acids is 1. The van der Waals surface area contributed by atoms with Gasteiger partial charge in [0.15, 0.2) is 14.8 Å². The third-order valence-corrected chi connectivity index (χ3v) is 5.14. The van der Waals surface area contributed by atoms with Crippen molar-refractivity contribution in [2.45, 2.75) is 78.4 Å². The SMILES string of the molecule is C[SiH](C)OCC1(C)OCC(CC=CCCCC(=O)O)C(C(C)(C)C)O1. The Morgan fingerprint density at radius 2 is 2.04 bits per heavy atom. The summed E-state index contributed by atoms with van der Waals surface area (Å²) in [6.07, 6.45) is 6.88. The zero-order chi connectivity index (χ0) is 19.1. The Labute approximate surface area is 154 Å². The van der Waals surface area contributed by atoms with Gasteiger partial charge in [0.05, 0.1) is 19.3 Å². The van der Waals surface area contributed by atoms with E-state index in [9.17, 15) is 4.79 Å². The summed E-state index contributed by atoms with van der Waals surface area (Å²) >= 11 is 0. The molecule has 0 saturated carbocycles. The second kappa shape index (κ2) is 9.85. The molecule has 1 saturated heterocycles. The van der Waals surface area contributed by atoms with Gasteiger partial charge < -0.3 is 19.0 Å². The van der Waals surface area contributed by atoms with Crippen molar-refractivity contribution >= 4 is 15.0 Å². The molecule has 6 heteroatoms. The zero-order valence-corrected chi connectivity index (χ0v) is 17.9. The van der Waals surface area contributed by atoms with Crippen LogP contribution in [-0.4, -0.2) is 45.2 Å². The molecule has 0 bridgehead atoms. The van der Waals surface area contributed by atoms with Crippen LogP contribution in [0.15, 0.2) is 12.2 Å². The standard InChI is InChI=1S/C19H36O5Si/c1-18(2,3)17-15(11-9-7-8-10-12-16(20)21)13-22-19(4,24-17)14-23-25(5)6/h7,9,15,17,25H,8,10-14H2,1-6H3,(H,20,21). The lowest BCUT2D eigenvalue weighted by Gasteiger charge is -2.47. The summed E-state index contributed by atoms with van der Waals surface area (Å²) in [5.74, 6) is -1.11. The highest BCUT2D eigenvalue weighted by molar-refractivity contribution is 6.48. The second-order valence-corrected chi connectivity index (χ2v) is 10.9. The fraction of sp³-hybridized carbons (Fsp3) is 0.842. The van der Waals surface area contributed by atoms with Crippen molar-refractivity contribution in [3.05, 3.63) is 12.2 Å². The Kier molecular flexibility index (Phi) is 8.81. The number of ether oxygens (including phenoxy) is 2. The molecule has 3 atom stereocenters. The summed E-state index contributed by atoms with van der Waals surface area (Å²) in [5, 5.41) is 8.66. The minimum Gasteiger partial charge on any atom is -0.481 e. The van der Waals surface area contributed by atoms with Gasteiger partial charge in [0, 0.05) is 12.3 Å². The van der Waals surface area contributed by atoms with Gasteiger partial charge in [0.1, 0.15) is 0 Å². The molecular weight excluding hydrogens is 336 g/mol. The van der Waals surface area contributed by atoms with Crippen molar-refractivity contribution < 1.29 is 23.8 Å². The van der Waals surface area contributed by atoms with Gasteiger partial charge in [-0.05, 0) is 44.7 Å². The number of carbonyl (C=O) groups is 1. The first kappa shape index (κ1) is 22.3. The molecule has 1 rings (SSSR count). The molecule has 1 N–H and O–H groups in total. The van der Waals surface area contributed by atoms with Crippen LogP contribution >= 0.6 is 0 Å². The van der Waals surface area contributed by atoms with Crippen molar-refractivity contribution in [2.75, 3.05) is 13.2 Å². The van der Waals surface area contributed by atoms with Crippen LogP contribution in [0.5, 0.6) is 0 Å². The molecule has 0 spiro atoms. The van der Waals surface area contributed by atoms with Gasteiger partial charge in [0.2, 0.25) is 0 Å². The van der Waals surface area contributed by atoms with Gasteiger partial charge in [-0.15, -0.1) is 0 Å². The predicted octanol–water partition coefficient (Wildman–Crippen LogP) is 3.98. The fourth-order valence-electron chi connectivity index (χ4n) is 3.00. The minimum atomic E-state index is -1.11. The Balaban J connectivity index is 2.59. The van der Waals surface area contributed by atoms with E-state index in [0.29, 0.717) is 25.6 Å². The number of aliphatic carboxylic acids is 1. The Morgan fingerprint density at radius 1 is 1.36 bits per heavy atom. The summed E-state index contributed by atoms with van der Waals surface area (Å²) in [7, 11) is -1.11. The number of rotatable bonds is 9. The van der Waals surface area contributed by atoms with Crippen molar-refractivity contribution in [1.82, 2.24) is 0 Å². The molecule has 1 heterocycles. The normalized spacial score (nSPS) is 28.0. The van der Waals surface area contributed by atoms with Gasteiger partial charge >= 0.3 is 5.97 Å². The minimum absolute atomic E-state index is 0.0160. The van der Waals surface area contributed by atoms with Crippen LogP contribution in [0.25, 0.3) is 0 Å². The van der Waals surface area contributed by atoms with E-state index in [1.54, 1.807) is 0 Å². The van der Waals surface area contributed by atoms with E-state index in [1.165, 1.54) is 0 Å². The molecule has 25 heavy (non-hydrogen) atoms. The highest BCUT2D eigenvalue weighted by Crippen LogP contribution is 2.38. The van der Waals surface area contributed by atoms with Crippen LogP contribution in [0, 0.1) is 11.3 Å². The van der Waals surface area contributed by atoms with Gasteiger partial charge in [0.25, 0.3) is 0 Å². The average molecular weight is 373 g/mol. The smallest absolute Gasteiger partial charge is 0.303 e. The average Bonchev–Trinajstić information content (AvgIpc) is 2.49. The zero-order valence-electron chi connectivity index (χ0n) is 16.7. The van der Waals surface area contributed by atoms with Crippen LogP contribution in [0.1, 0.15) is 53.4 Å². The largest absolute Gasteiger partial charge is 0.481 e. The highest BCUT2D eigenvalue weighted by Gasteiger charge is 2.44. The van der Waals surface area contributed by atoms with E-state index in [4.69, 9.17) is 19.0 Å². The quantitative estimate of drug-likeness (QED) is 0.377. The third kappa shape index (κ3) is 8.49. The van der Waals surface area contributed by atoms with Crippen molar-refractivity contribution in [3.8, 4) is 0 Å². The maximum Gasteiger partial charge on any atom is 0.303 e. The van der Waals surface area contributed by atoms with Crippen LogP contribution in [-0.2, 0) is 18.7 Å². The van der Waals surface area contributed by atoms with E-state index >= 15 is 0 Å². The molecule has 0 aliphatic carbocycles. The van der Waals surface area contributed by atoms with Crippen LogP contribution in [0.4, 0.5) is 0 Å². The third-order valence-electron chi connectivity index (χ3n) is 4.31. The number of allylic oxidation sites excluding steroid dienone is 2. The topological polar surface area (TPSA) is 65.0 Å². The number of hydrogen-bond donors (Lipinski definition) is 1. The van der Waals surface area contributed by atoms with E-state index < -0.39 is 20.8 Å². The molecule has 0 amide bonds. The predicted molar refractivity (Wildman–Crippen MR) is 102 cm³/mol. The second-order valence-electron chi connectivity index (χ2n) is 8.46. The lowest BCUT2D eigenvalue weighted by atomic mass is 9.79. The van der Waals surface area contributed by atoms with Crippen molar-refractivity contribution in [2.24, 2.45) is 11.3 Å². The van der Waals surface area contributed by atoms with E-state index in [1.807, 2.05) is 6.92 Å². The molecule has 146 valence electrons. The monoisotopic (exact) mass is 372 g/mol. The van der Waals surface area contributed by atoms with Crippen molar-refractivity contribution in [3.63, 3.8) is 0 Å².